The van der Waals surface area contributed by atoms with Gasteiger partial charge in [-0.2, -0.15) is 0 Å². The van der Waals surface area contributed by atoms with Gasteiger partial charge in [-0.3, -0.25) is 4.79 Å². The first-order valence-electron chi connectivity index (χ1n) is 8.38. The third kappa shape index (κ3) is 5.59. The van der Waals surface area contributed by atoms with Crippen LogP contribution in [0.4, 0.5) is 0 Å². The van der Waals surface area contributed by atoms with E-state index in [0.29, 0.717) is 13.2 Å². The van der Waals surface area contributed by atoms with Crippen LogP contribution in [0.1, 0.15) is 18.5 Å². The summed E-state index contributed by atoms with van der Waals surface area (Å²) in [5.74, 6) is 0.816. The lowest BCUT2D eigenvalue weighted by Gasteiger charge is -2.16. The van der Waals surface area contributed by atoms with Gasteiger partial charge in [-0.15, -0.1) is 0 Å². The van der Waals surface area contributed by atoms with Crippen molar-refractivity contribution in [2.45, 2.75) is 13.0 Å². The number of nitrogens with one attached hydrogen (secondary N) is 2. The molecule has 2 aromatic rings. The van der Waals surface area contributed by atoms with Crippen molar-refractivity contribution in [3.63, 3.8) is 0 Å². The van der Waals surface area contributed by atoms with E-state index in [0.717, 1.165) is 22.4 Å². The molecule has 0 aliphatic rings. The molecular weight excluding hydrogens is 316 g/mol. The van der Waals surface area contributed by atoms with E-state index in [2.05, 4.69) is 10.6 Å². The van der Waals surface area contributed by atoms with E-state index in [-0.39, 0.29) is 18.5 Å². The van der Waals surface area contributed by atoms with Gasteiger partial charge in [0.25, 0.3) is 0 Å². The maximum absolute atomic E-state index is 11.9. The highest BCUT2D eigenvalue weighted by atomic mass is 16.5. The second-order valence-electron chi connectivity index (χ2n) is 5.78. The highest BCUT2D eigenvalue weighted by Gasteiger charge is 2.10. The summed E-state index contributed by atoms with van der Waals surface area (Å²) >= 11 is 0. The second kappa shape index (κ2) is 9.81. The minimum Gasteiger partial charge on any atom is -0.496 e. The molecule has 134 valence electrons. The fraction of sp³-hybridized carbons (Fsp3) is 0.350. The van der Waals surface area contributed by atoms with Crippen molar-refractivity contribution >= 4 is 5.91 Å². The standard InChI is InChI=1S/C20H26N2O3/c1-15(22-20(23)14-21-12-13-24-2)16-8-10-17(11-9-16)18-6-4-5-7-19(18)25-3/h4-11,15,21H,12-14H2,1-3H3,(H,22,23). The molecule has 0 saturated carbocycles. The van der Waals surface area contributed by atoms with Crippen LogP contribution in [0.15, 0.2) is 48.5 Å². The van der Waals surface area contributed by atoms with Gasteiger partial charge in [-0.05, 0) is 24.1 Å². The van der Waals surface area contributed by atoms with Gasteiger partial charge in [-0.25, -0.2) is 0 Å². The van der Waals surface area contributed by atoms with Gasteiger partial charge in [0.1, 0.15) is 5.75 Å². The Morgan fingerprint density at radius 2 is 1.80 bits per heavy atom. The molecule has 2 rings (SSSR count). The Hall–Kier alpha value is -2.37. The van der Waals surface area contributed by atoms with E-state index in [1.54, 1.807) is 14.2 Å². The van der Waals surface area contributed by atoms with E-state index in [9.17, 15) is 4.79 Å². The van der Waals surface area contributed by atoms with Gasteiger partial charge in [0.15, 0.2) is 0 Å². The molecule has 2 N–H and O–H groups in total. The van der Waals surface area contributed by atoms with Crippen molar-refractivity contribution in [3.05, 3.63) is 54.1 Å². The molecule has 0 spiro atoms. The monoisotopic (exact) mass is 342 g/mol. The summed E-state index contributed by atoms with van der Waals surface area (Å²) < 4.78 is 10.3. The van der Waals surface area contributed by atoms with Crippen LogP contribution in [0.5, 0.6) is 5.75 Å². The van der Waals surface area contributed by atoms with Gasteiger partial charge >= 0.3 is 0 Å². The first-order valence-corrected chi connectivity index (χ1v) is 8.38. The zero-order chi connectivity index (χ0) is 18.1. The summed E-state index contributed by atoms with van der Waals surface area (Å²) in [6.07, 6.45) is 0. The molecule has 1 amide bonds. The van der Waals surface area contributed by atoms with Crippen molar-refractivity contribution in [2.24, 2.45) is 0 Å². The number of amides is 1. The average Bonchev–Trinajstić information content (AvgIpc) is 2.65. The Morgan fingerprint density at radius 3 is 2.48 bits per heavy atom. The summed E-state index contributed by atoms with van der Waals surface area (Å²) in [6, 6.07) is 16.0. The summed E-state index contributed by atoms with van der Waals surface area (Å²) in [5.41, 5.74) is 3.19. The average molecular weight is 342 g/mol. The lowest BCUT2D eigenvalue weighted by Crippen LogP contribution is -2.36. The molecule has 1 unspecified atom stereocenters. The number of ether oxygens (including phenoxy) is 2. The topological polar surface area (TPSA) is 59.6 Å². The van der Waals surface area contributed by atoms with Crippen LogP contribution >= 0.6 is 0 Å². The highest BCUT2D eigenvalue weighted by molar-refractivity contribution is 5.78. The van der Waals surface area contributed by atoms with Crippen LogP contribution in [0, 0.1) is 0 Å². The Morgan fingerprint density at radius 1 is 1.08 bits per heavy atom. The molecule has 5 nitrogen and oxygen atoms in total. The first kappa shape index (κ1) is 19.0. The van der Waals surface area contributed by atoms with E-state index in [1.165, 1.54) is 0 Å². The van der Waals surface area contributed by atoms with E-state index in [4.69, 9.17) is 9.47 Å². The van der Waals surface area contributed by atoms with Gasteiger partial charge in [0, 0.05) is 19.2 Å². The fourth-order valence-electron chi connectivity index (χ4n) is 2.59. The lowest BCUT2D eigenvalue weighted by molar-refractivity contribution is -0.120. The first-order chi connectivity index (χ1) is 12.2. The molecule has 0 fully saturated rings. The zero-order valence-electron chi connectivity index (χ0n) is 15.0. The number of hydrogen-bond acceptors (Lipinski definition) is 4. The normalized spacial score (nSPS) is 11.8. The van der Waals surface area contributed by atoms with Crippen molar-refractivity contribution in [1.29, 1.82) is 0 Å². The number of methoxy groups -OCH3 is 2. The predicted octanol–water partition coefficient (Wildman–Crippen LogP) is 2.78. The number of benzene rings is 2. The molecule has 1 atom stereocenters. The third-order valence-corrected chi connectivity index (χ3v) is 3.97. The number of rotatable bonds is 9. The Kier molecular flexibility index (Phi) is 7.44. The quantitative estimate of drug-likeness (QED) is 0.688. The summed E-state index contributed by atoms with van der Waals surface area (Å²) in [7, 11) is 3.31. The van der Waals surface area contributed by atoms with E-state index >= 15 is 0 Å². The predicted molar refractivity (Wildman–Crippen MR) is 99.7 cm³/mol. The molecule has 25 heavy (non-hydrogen) atoms. The van der Waals surface area contributed by atoms with Crippen LogP contribution in [-0.4, -0.2) is 39.8 Å². The number of carbonyl (C=O) groups is 1. The van der Waals surface area contributed by atoms with Crippen molar-refractivity contribution in [2.75, 3.05) is 33.9 Å². The minimum absolute atomic E-state index is 0.0302. The lowest BCUT2D eigenvalue weighted by atomic mass is 10.0. The maximum Gasteiger partial charge on any atom is 0.234 e. The largest absolute Gasteiger partial charge is 0.496 e. The Balaban J connectivity index is 1.96. The van der Waals surface area contributed by atoms with Gasteiger partial charge in [0.2, 0.25) is 5.91 Å². The van der Waals surface area contributed by atoms with Crippen LogP contribution in [0.25, 0.3) is 11.1 Å². The van der Waals surface area contributed by atoms with Crippen molar-refractivity contribution in [3.8, 4) is 16.9 Å². The summed E-state index contributed by atoms with van der Waals surface area (Å²) in [5, 5.41) is 6.02. The molecule has 5 heteroatoms. The molecule has 0 aromatic heterocycles. The summed E-state index contributed by atoms with van der Waals surface area (Å²) in [4.78, 5) is 11.9. The molecule has 0 bridgehead atoms. The molecular formula is C20H26N2O3. The molecule has 0 saturated heterocycles. The number of para-hydroxylation sites is 1. The molecule has 0 aliphatic heterocycles. The molecule has 2 aromatic carbocycles. The van der Waals surface area contributed by atoms with Crippen molar-refractivity contribution in [1.82, 2.24) is 10.6 Å². The summed E-state index contributed by atoms with van der Waals surface area (Å²) in [6.45, 7) is 3.51. The number of carbonyl (C=O) groups excluding carboxylic acids is 1. The van der Waals surface area contributed by atoms with E-state index in [1.807, 2.05) is 55.5 Å². The molecule has 0 radical (unpaired) electrons. The smallest absolute Gasteiger partial charge is 0.234 e. The maximum atomic E-state index is 11.9. The minimum atomic E-state index is -0.0524. The highest BCUT2D eigenvalue weighted by Crippen LogP contribution is 2.30. The fourth-order valence-corrected chi connectivity index (χ4v) is 2.59. The van der Waals surface area contributed by atoms with Gasteiger partial charge in [0.05, 0.1) is 26.3 Å². The van der Waals surface area contributed by atoms with Crippen LogP contribution in [0.3, 0.4) is 0 Å². The van der Waals surface area contributed by atoms with Crippen LogP contribution < -0.4 is 15.4 Å². The van der Waals surface area contributed by atoms with E-state index < -0.39 is 0 Å². The Bertz CT molecular complexity index is 671. The SMILES string of the molecule is COCCNCC(=O)NC(C)c1ccc(-c2ccccc2OC)cc1. The van der Waals surface area contributed by atoms with Crippen molar-refractivity contribution < 1.29 is 14.3 Å². The van der Waals surface area contributed by atoms with Crippen LogP contribution in [-0.2, 0) is 9.53 Å². The van der Waals surface area contributed by atoms with Crippen LogP contribution in [0.2, 0.25) is 0 Å². The third-order valence-electron chi connectivity index (χ3n) is 3.97. The molecule has 0 aliphatic carbocycles. The molecule has 0 heterocycles. The zero-order valence-corrected chi connectivity index (χ0v) is 15.0. The number of hydrogen-bond donors (Lipinski definition) is 2. The Labute approximate surface area is 149 Å². The second-order valence-corrected chi connectivity index (χ2v) is 5.78. The van der Waals surface area contributed by atoms with Gasteiger partial charge in [-0.1, -0.05) is 42.5 Å². The van der Waals surface area contributed by atoms with Gasteiger partial charge < -0.3 is 20.1 Å².